The van der Waals surface area contributed by atoms with Gasteiger partial charge in [-0.05, 0) is 25.0 Å². The average molecular weight is 361 g/mol. The molecular weight excluding hydrogens is 338 g/mol. The molecule has 1 N–H and O–H groups in total. The largest absolute Gasteiger partial charge is 0.481 e. The predicted octanol–water partition coefficient (Wildman–Crippen LogP) is 2.13. The Morgan fingerprint density at radius 3 is 2.12 bits per heavy atom. The number of benzene rings is 1. The molecule has 2 fully saturated rings. The van der Waals surface area contributed by atoms with Crippen LogP contribution >= 0.6 is 0 Å². The Morgan fingerprint density at radius 1 is 1.00 bits per heavy atom. The number of nitro groups is 1. The lowest BCUT2D eigenvalue weighted by molar-refractivity contribution is -0.384. The lowest BCUT2D eigenvalue weighted by atomic mass is 9.78. The Labute approximate surface area is 151 Å². The number of hydrogen-bond acceptors (Lipinski definition) is 5. The Morgan fingerprint density at radius 2 is 1.58 bits per heavy atom. The number of aliphatic carboxylic acids is 1. The summed E-state index contributed by atoms with van der Waals surface area (Å²) < 4.78 is 0. The van der Waals surface area contributed by atoms with Crippen molar-refractivity contribution in [2.75, 3.05) is 31.1 Å². The highest BCUT2D eigenvalue weighted by Crippen LogP contribution is 2.32. The number of carboxylic acid groups (broad SMARTS) is 1. The summed E-state index contributed by atoms with van der Waals surface area (Å²) in [5, 5.41) is 20.1. The van der Waals surface area contributed by atoms with Crippen molar-refractivity contribution in [3.8, 4) is 0 Å². The van der Waals surface area contributed by atoms with Gasteiger partial charge >= 0.3 is 5.97 Å². The predicted molar refractivity (Wildman–Crippen MR) is 95.0 cm³/mol. The molecule has 140 valence electrons. The molecular formula is C18H23N3O5. The number of hydrogen-bond donors (Lipinski definition) is 1. The van der Waals surface area contributed by atoms with Gasteiger partial charge in [0.1, 0.15) is 0 Å². The first kappa shape index (κ1) is 18.2. The molecule has 2 aliphatic rings. The van der Waals surface area contributed by atoms with E-state index in [0.717, 1.165) is 18.5 Å². The molecule has 0 radical (unpaired) electrons. The van der Waals surface area contributed by atoms with E-state index in [1.54, 1.807) is 17.0 Å². The maximum Gasteiger partial charge on any atom is 0.307 e. The molecule has 1 saturated heterocycles. The fourth-order valence-corrected chi connectivity index (χ4v) is 3.93. The summed E-state index contributed by atoms with van der Waals surface area (Å²) in [5.74, 6) is -1.89. The second-order valence-electron chi connectivity index (χ2n) is 6.92. The number of carbonyl (C=O) groups excluding carboxylic acids is 1. The van der Waals surface area contributed by atoms with Crippen molar-refractivity contribution in [2.45, 2.75) is 25.7 Å². The van der Waals surface area contributed by atoms with Gasteiger partial charge in [-0.25, -0.2) is 0 Å². The number of carboxylic acids is 1. The first-order valence-electron chi connectivity index (χ1n) is 8.98. The molecule has 1 amide bonds. The van der Waals surface area contributed by atoms with Crippen LogP contribution in [0, 0.1) is 22.0 Å². The van der Waals surface area contributed by atoms with Gasteiger partial charge < -0.3 is 14.9 Å². The smallest absolute Gasteiger partial charge is 0.307 e. The third-order valence-corrected chi connectivity index (χ3v) is 5.42. The zero-order valence-corrected chi connectivity index (χ0v) is 14.5. The second kappa shape index (κ2) is 7.72. The summed E-state index contributed by atoms with van der Waals surface area (Å²) in [5.41, 5.74) is 0.948. The van der Waals surface area contributed by atoms with Gasteiger partial charge in [-0.1, -0.05) is 12.8 Å². The zero-order valence-electron chi connectivity index (χ0n) is 14.5. The van der Waals surface area contributed by atoms with Crippen molar-refractivity contribution in [3.05, 3.63) is 34.4 Å². The quantitative estimate of drug-likeness (QED) is 0.651. The minimum atomic E-state index is -0.868. The van der Waals surface area contributed by atoms with E-state index in [1.807, 2.05) is 0 Å². The van der Waals surface area contributed by atoms with Crippen molar-refractivity contribution in [1.82, 2.24) is 4.90 Å². The molecule has 1 heterocycles. The maximum atomic E-state index is 12.8. The zero-order chi connectivity index (χ0) is 18.7. The van der Waals surface area contributed by atoms with Crippen LogP contribution in [-0.2, 0) is 9.59 Å². The summed E-state index contributed by atoms with van der Waals surface area (Å²) in [7, 11) is 0. The lowest BCUT2D eigenvalue weighted by Crippen LogP contribution is -2.52. The van der Waals surface area contributed by atoms with Crippen LogP contribution < -0.4 is 4.90 Å². The standard InChI is InChI=1S/C18H23N3O5/c22-17(15-3-1-2-4-16(15)18(23)24)20-11-9-19(10-12-20)13-5-7-14(8-6-13)21(25)26/h5-8,15-16H,1-4,9-12H2,(H,23,24)/t15-,16-/m1/s1. The van der Waals surface area contributed by atoms with Crippen LogP contribution in [0.25, 0.3) is 0 Å². The first-order valence-corrected chi connectivity index (χ1v) is 8.98. The molecule has 3 rings (SSSR count). The van der Waals surface area contributed by atoms with Gasteiger partial charge in [-0.15, -0.1) is 0 Å². The molecule has 1 aliphatic heterocycles. The van der Waals surface area contributed by atoms with Gasteiger partial charge in [-0.3, -0.25) is 19.7 Å². The SMILES string of the molecule is O=C(O)[C@@H]1CCCC[C@H]1C(=O)N1CCN(c2ccc([N+](=O)[O-])cc2)CC1. The van der Waals surface area contributed by atoms with Crippen LogP contribution in [0.1, 0.15) is 25.7 Å². The van der Waals surface area contributed by atoms with E-state index in [4.69, 9.17) is 0 Å². The van der Waals surface area contributed by atoms with E-state index in [9.17, 15) is 24.8 Å². The third kappa shape index (κ3) is 3.79. The molecule has 0 bridgehead atoms. The molecule has 1 aliphatic carbocycles. The molecule has 1 aromatic rings. The van der Waals surface area contributed by atoms with Crippen LogP contribution in [0.5, 0.6) is 0 Å². The van der Waals surface area contributed by atoms with Crippen LogP contribution in [0.15, 0.2) is 24.3 Å². The van der Waals surface area contributed by atoms with E-state index in [2.05, 4.69) is 4.90 Å². The van der Waals surface area contributed by atoms with Crippen LogP contribution in [0.2, 0.25) is 0 Å². The lowest BCUT2D eigenvalue weighted by Gasteiger charge is -2.39. The van der Waals surface area contributed by atoms with Crippen molar-refractivity contribution < 1.29 is 19.6 Å². The van der Waals surface area contributed by atoms with Gasteiger partial charge in [0.15, 0.2) is 0 Å². The Hall–Kier alpha value is -2.64. The fraction of sp³-hybridized carbons (Fsp3) is 0.556. The van der Waals surface area contributed by atoms with Gasteiger partial charge in [-0.2, -0.15) is 0 Å². The van der Waals surface area contributed by atoms with Crippen molar-refractivity contribution >= 4 is 23.3 Å². The normalized spacial score (nSPS) is 23.5. The number of nitrogens with zero attached hydrogens (tertiary/aromatic N) is 3. The molecule has 2 atom stereocenters. The Balaban J connectivity index is 1.59. The maximum absolute atomic E-state index is 12.8. The molecule has 0 unspecified atom stereocenters. The molecule has 0 spiro atoms. The van der Waals surface area contributed by atoms with Crippen LogP contribution in [0.3, 0.4) is 0 Å². The molecule has 26 heavy (non-hydrogen) atoms. The second-order valence-corrected chi connectivity index (χ2v) is 6.92. The Kier molecular flexibility index (Phi) is 5.39. The van der Waals surface area contributed by atoms with E-state index in [1.165, 1.54) is 12.1 Å². The highest BCUT2D eigenvalue weighted by atomic mass is 16.6. The summed E-state index contributed by atoms with van der Waals surface area (Å²) in [6.07, 6.45) is 3.00. The topological polar surface area (TPSA) is 104 Å². The molecule has 8 nitrogen and oxygen atoms in total. The monoisotopic (exact) mass is 361 g/mol. The molecule has 1 aromatic carbocycles. The summed E-state index contributed by atoms with van der Waals surface area (Å²) in [6.45, 7) is 2.35. The van der Waals surface area contributed by atoms with E-state index < -0.39 is 22.7 Å². The number of rotatable bonds is 4. The van der Waals surface area contributed by atoms with E-state index in [0.29, 0.717) is 39.0 Å². The fourth-order valence-electron chi connectivity index (χ4n) is 3.93. The number of anilines is 1. The van der Waals surface area contributed by atoms with Crippen molar-refractivity contribution in [3.63, 3.8) is 0 Å². The summed E-state index contributed by atoms with van der Waals surface area (Å²) >= 11 is 0. The van der Waals surface area contributed by atoms with Gasteiger partial charge in [0, 0.05) is 44.0 Å². The third-order valence-electron chi connectivity index (χ3n) is 5.42. The minimum Gasteiger partial charge on any atom is -0.481 e. The molecule has 0 aromatic heterocycles. The number of piperazine rings is 1. The highest BCUT2D eigenvalue weighted by molar-refractivity contribution is 5.85. The van der Waals surface area contributed by atoms with E-state index >= 15 is 0 Å². The van der Waals surface area contributed by atoms with Crippen LogP contribution in [-0.4, -0.2) is 53.0 Å². The minimum absolute atomic E-state index is 0.0413. The van der Waals surface area contributed by atoms with E-state index in [-0.39, 0.29) is 11.6 Å². The van der Waals surface area contributed by atoms with Crippen molar-refractivity contribution in [2.24, 2.45) is 11.8 Å². The van der Waals surface area contributed by atoms with Crippen molar-refractivity contribution in [1.29, 1.82) is 0 Å². The molecule has 1 saturated carbocycles. The van der Waals surface area contributed by atoms with Gasteiger partial charge in [0.25, 0.3) is 5.69 Å². The number of nitro benzene ring substituents is 1. The summed E-state index contributed by atoms with van der Waals surface area (Å²) in [4.78, 5) is 38.4. The van der Waals surface area contributed by atoms with Crippen LogP contribution in [0.4, 0.5) is 11.4 Å². The summed E-state index contributed by atoms with van der Waals surface area (Å²) in [6, 6.07) is 6.40. The van der Waals surface area contributed by atoms with Gasteiger partial charge in [0.2, 0.25) is 5.91 Å². The Bertz CT molecular complexity index is 683. The highest BCUT2D eigenvalue weighted by Gasteiger charge is 2.38. The molecule has 8 heteroatoms. The first-order chi connectivity index (χ1) is 12.5. The number of amides is 1. The average Bonchev–Trinajstić information content (AvgIpc) is 2.67. The number of non-ortho nitro benzene ring substituents is 1. The van der Waals surface area contributed by atoms with Gasteiger partial charge in [0.05, 0.1) is 16.8 Å². The number of carbonyl (C=O) groups is 2.